The number of ether oxygens (including phenoxy) is 10. The van der Waals surface area contributed by atoms with E-state index in [4.69, 9.17) is 47.4 Å². The van der Waals surface area contributed by atoms with Crippen molar-refractivity contribution in [3.63, 3.8) is 0 Å². The molecular weight excluding hydrogens is 1100 g/mol. The van der Waals surface area contributed by atoms with Gasteiger partial charge in [0.15, 0.2) is 25.0 Å². The van der Waals surface area contributed by atoms with Crippen LogP contribution in [0.2, 0.25) is 0 Å². The second-order valence-electron chi connectivity index (χ2n) is 24.7. The molecule has 0 amide bonds. The average molecular weight is 1190 g/mol. The molecule has 14 N–H and O–H groups in total. The van der Waals surface area contributed by atoms with Crippen LogP contribution in [-0.4, -0.2) is 257 Å². The molecule has 0 spiro atoms. The molecule has 0 bridgehead atoms. The Balaban J connectivity index is 0.949. The summed E-state index contributed by atoms with van der Waals surface area (Å²) in [4.78, 5) is 38.9. The Morgan fingerprint density at radius 1 is 0.614 bits per heavy atom. The van der Waals surface area contributed by atoms with Gasteiger partial charge in [-0.15, -0.1) is 0 Å². The molecule has 0 unspecified atom stereocenters. The van der Waals surface area contributed by atoms with Gasteiger partial charge in [0.1, 0.15) is 104 Å². The number of allylic oxidation sites excluding steroid dienone is 1. The van der Waals surface area contributed by atoms with Crippen LogP contribution in [0.5, 0.6) is 0 Å². The first kappa shape index (κ1) is 66.0. The van der Waals surface area contributed by atoms with Crippen molar-refractivity contribution in [3.8, 4) is 0 Å². The molecule has 4 heterocycles. The lowest BCUT2D eigenvalue weighted by Crippen LogP contribution is -2.66. The first-order valence-electron chi connectivity index (χ1n) is 28.9. The van der Waals surface area contributed by atoms with Crippen molar-refractivity contribution in [3.05, 3.63) is 22.8 Å². The lowest BCUT2D eigenvalue weighted by molar-refractivity contribution is -0.381. The largest absolute Gasteiger partial charge is 0.463 e. The highest BCUT2D eigenvalue weighted by atomic mass is 16.8. The fraction of sp³-hybridized carbons (Fsp3) is 0.875. The van der Waals surface area contributed by atoms with Crippen LogP contribution in [0.4, 0.5) is 0 Å². The average Bonchev–Trinajstić information content (AvgIpc) is 1.88. The second kappa shape index (κ2) is 26.8. The maximum Gasteiger partial charge on any atom is 0.336 e. The maximum absolute atomic E-state index is 14.3. The normalized spacial score (nSPS) is 47.4. The van der Waals surface area contributed by atoms with Gasteiger partial charge in [-0.3, -0.25) is 9.59 Å². The summed E-state index contributed by atoms with van der Waals surface area (Å²) < 4.78 is 57.3. The molecule has 7 fully saturated rings. The van der Waals surface area contributed by atoms with E-state index >= 15 is 0 Å². The van der Waals surface area contributed by atoms with Gasteiger partial charge in [0.05, 0.1) is 32.0 Å². The number of rotatable bonds is 18. The summed E-state index contributed by atoms with van der Waals surface area (Å²) in [6.07, 6.45) is -29.8. The monoisotopic (exact) mass is 1190 g/mol. The summed E-state index contributed by atoms with van der Waals surface area (Å²) in [5, 5.41) is 150. The summed E-state index contributed by atoms with van der Waals surface area (Å²) in [6, 6.07) is 0. The van der Waals surface area contributed by atoms with Crippen LogP contribution in [0.3, 0.4) is 0 Å². The molecule has 83 heavy (non-hydrogen) atoms. The fourth-order valence-corrected chi connectivity index (χ4v) is 15.0. The summed E-state index contributed by atoms with van der Waals surface area (Å²) in [6.45, 7) is 8.99. The zero-order valence-electron chi connectivity index (χ0n) is 47.8. The standard InChI is InChI=1S/C56H88O27/c1-21(22(2)50(73)83-54-49(43(68)40(65)36(80-54)20-74-24(4)60)82-53-47(72)44(69)48(35(19-59)79-53)81-52-46(71)42(67)39(64)34(18-58)78-52)14-32(75-25(5)61)23(3)29-10-11-30-28-9-8-26-15-27(76-51-45(70)41(66)38(63)33(17-57)77-51)16-37(62)56(26,7)31(28)12-13-55(29,30)6/h8,23,27-49,51-54,57-59,62-72H,9-20H2,1-7H3/b22-21+/t23-,27+,28+,29+,30+,31-,32+,33+,34+,35+,36+,37-,38+,39+,40+,41-,42-,43-,44+,45+,46+,47+,48+,49+,51+,52-,53-,54-,55+,56-/m1/s1. The zero-order chi connectivity index (χ0) is 60.9. The van der Waals surface area contributed by atoms with Gasteiger partial charge in [-0.1, -0.05) is 38.0 Å². The van der Waals surface area contributed by atoms with E-state index in [1.807, 2.05) is 6.92 Å². The molecule has 3 saturated carbocycles. The molecule has 0 radical (unpaired) electrons. The molecule has 8 aliphatic rings. The Morgan fingerprint density at radius 2 is 1.14 bits per heavy atom. The van der Waals surface area contributed by atoms with E-state index in [0.717, 1.165) is 44.6 Å². The van der Waals surface area contributed by atoms with E-state index in [2.05, 4.69) is 19.9 Å². The molecule has 27 heteroatoms. The first-order chi connectivity index (χ1) is 39.1. The molecular formula is C56H88O27. The number of hydrogen-bond acceptors (Lipinski definition) is 27. The van der Waals surface area contributed by atoms with Crippen LogP contribution >= 0.6 is 0 Å². The van der Waals surface area contributed by atoms with Crippen molar-refractivity contribution in [2.75, 3.05) is 26.4 Å². The van der Waals surface area contributed by atoms with Crippen molar-refractivity contribution in [1.29, 1.82) is 0 Å². The quantitative estimate of drug-likeness (QED) is 0.0275. The van der Waals surface area contributed by atoms with Crippen LogP contribution in [0.15, 0.2) is 22.8 Å². The Hall–Kier alpha value is -2.95. The maximum atomic E-state index is 14.3. The molecule has 4 aliphatic carbocycles. The Kier molecular flexibility index (Phi) is 21.3. The van der Waals surface area contributed by atoms with E-state index < -0.39 is 191 Å². The van der Waals surface area contributed by atoms with Crippen molar-refractivity contribution in [2.24, 2.45) is 40.4 Å². The third-order valence-corrected chi connectivity index (χ3v) is 20.0. The van der Waals surface area contributed by atoms with Crippen molar-refractivity contribution < 1.29 is 133 Å². The highest BCUT2D eigenvalue weighted by molar-refractivity contribution is 5.88. The number of carbonyl (C=O) groups excluding carboxylic acids is 3. The highest BCUT2D eigenvalue weighted by Crippen LogP contribution is 2.67. The zero-order valence-corrected chi connectivity index (χ0v) is 47.8. The van der Waals surface area contributed by atoms with Crippen LogP contribution in [0, 0.1) is 40.4 Å². The van der Waals surface area contributed by atoms with Gasteiger partial charge in [-0.05, 0) is 87.4 Å². The van der Waals surface area contributed by atoms with E-state index in [0.29, 0.717) is 12.0 Å². The number of aliphatic hydroxyl groups excluding tert-OH is 14. The van der Waals surface area contributed by atoms with Crippen molar-refractivity contribution in [2.45, 2.75) is 241 Å². The molecule has 8 rings (SSSR count). The van der Waals surface area contributed by atoms with Crippen LogP contribution in [-0.2, 0) is 61.8 Å². The Labute approximate surface area is 480 Å². The number of hydrogen-bond donors (Lipinski definition) is 14. The van der Waals surface area contributed by atoms with Gasteiger partial charge in [0, 0.05) is 37.7 Å². The molecule has 0 aromatic rings. The Morgan fingerprint density at radius 3 is 1.72 bits per heavy atom. The molecule has 0 aromatic heterocycles. The van der Waals surface area contributed by atoms with Gasteiger partial charge >= 0.3 is 17.9 Å². The summed E-state index contributed by atoms with van der Waals surface area (Å²) >= 11 is 0. The lowest BCUT2D eigenvalue weighted by Gasteiger charge is -2.60. The van der Waals surface area contributed by atoms with Crippen LogP contribution in [0.25, 0.3) is 0 Å². The highest BCUT2D eigenvalue weighted by Gasteiger charge is 2.63. The number of carbonyl (C=O) groups is 3. The second-order valence-corrected chi connectivity index (χ2v) is 24.7. The predicted molar refractivity (Wildman–Crippen MR) is 278 cm³/mol. The molecule has 27 nitrogen and oxygen atoms in total. The molecule has 4 aliphatic heterocycles. The topological polar surface area (TPSA) is 427 Å². The van der Waals surface area contributed by atoms with E-state index in [1.165, 1.54) is 13.8 Å². The SMILES string of the molecule is CC(=O)OC[C@@H]1O[C@H](OC(=O)/C(C)=C(\C)C[C@H](OC(C)=O)[C@H](C)[C@@H]2CC[C@H]3[C@@H]4CC=C5C[C@H](O[C@H]6O[C@@H](CO)[C@H](O)[C@@H](O)[C@@H]6O)C[C@@H](O)[C@@]5(C)[C@@H]4CC[C@@]23C)[C@@H](O[C@H]2O[C@@H](CO)[C@H](O[C@H]3O[C@@H](CO)[C@H](O)[C@@H](O)[C@@H]3O)[C@@H](O)[C@@H]2O)[C@H](O)[C@H]1O. The van der Waals surface area contributed by atoms with E-state index in [-0.39, 0.29) is 53.4 Å². The minimum atomic E-state index is -2.11. The summed E-state index contributed by atoms with van der Waals surface area (Å²) in [5.74, 6) is -1.89. The van der Waals surface area contributed by atoms with Gasteiger partial charge in [0.2, 0.25) is 6.29 Å². The summed E-state index contributed by atoms with van der Waals surface area (Å²) in [7, 11) is 0. The van der Waals surface area contributed by atoms with Gasteiger partial charge in [-0.2, -0.15) is 0 Å². The third-order valence-electron chi connectivity index (χ3n) is 20.0. The first-order valence-corrected chi connectivity index (χ1v) is 28.9. The van der Waals surface area contributed by atoms with Gasteiger partial charge in [-0.25, -0.2) is 4.79 Å². The number of fused-ring (bicyclic) bond motifs is 5. The predicted octanol–water partition coefficient (Wildman–Crippen LogP) is -3.42. The summed E-state index contributed by atoms with van der Waals surface area (Å²) in [5.41, 5.74) is 0.748. The third kappa shape index (κ3) is 13.0. The van der Waals surface area contributed by atoms with Crippen molar-refractivity contribution >= 4 is 17.9 Å². The molecule has 0 aromatic carbocycles. The van der Waals surface area contributed by atoms with Crippen LogP contribution < -0.4 is 0 Å². The Bertz CT molecular complexity index is 2300. The molecule has 4 saturated heterocycles. The fourth-order valence-electron chi connectivity index (χ4n) is 15.0. The van der Waals surface area contributed by atoms with Crippen LogP contribution in [0.1, 0.15) is 99.8 Å². The van der Waals surface area contributed by atoms with Crippen molar-refractivity contribution in [1.82, 2.24) is 0 Å². The van der Waals surface area contributed by atoms with E-state index in [1.54, 1.807) is 6.92 Å². The van der Waals surface area contributed by atoms with Gasteiger partial charge < -0.3 is 119 Å². The lowest BCUT2D eigenvalue weighted by atomic mass is 9.46. The smallest absolute Gasteiger partial charge is 0.336 e. The number of aliphatic hydroxyl groups is 14. The minimum absolute atomic E-state index is 0.0349. The molecule has 474 valence electrons. The minimum Gasteiger partial charge on any atom is -0.463 e. The van der Waals surface area contributed by atoms with Gasteiger partial charge in [0.25, 0.3) is 0 Å². The van der Waals surface area contributed by atoms with E-state index in [9.17, 15) is 85.9 Å². The number of esters is 3. The molecule has 30 atom stereocenters.